The van der Waals surface area contributed by atoms with E-state index in [9.17, 15) is 9.90 Å². The minimum Gasteiger partial charge on any atom is -0.502 e. The van der Waals surface area contributed by atoms with Gasteiger partial charge in [-0.25, -0.2) is 4.79 Å². The first-order chi connectivity index (χ1) is 12.6. The summed E-state index contributed by atoms with van der Waals surface area (Å²) in [6.45, 7) is 0.805. The number of carbonyl (C=O) groups is 1. The van der Waals surface area contributed by atoms with Crippen molar-refractivity contribution in [1.29, 1.82) is 0 Å². The maximum atomic E-state index is 11.7. The number of alkyl carbamates (subject to hydrolysis) is 1. The number of benzene rings is 2. The summed E-state index contributed by atoms with van der Waals surface area (Å²) in [4.78, 5) is 11.7. The molecule has 0 saturated heterocycles. The van der Waals surface area contributed by atoms with Crippen LogP contribution in [0.5, 0.6) is 17.2 Å². The largest absolute Gasteiger partial charge is 0.502 e. The third-order valence-electron chi connectivity index (χ3n) is 3.91. The molecule has 0 heterocycles. The molecule has 1 amide bonds. The van der Waals surface area contributed by atoms with Crippen molar-refractivity contribution in [2.45, 2.75) is 25.9 Å². The fraction of sp³-hybridized carbons (Fsp3) is 0.350. The zero-order valence-corrected chi connectivity index (χ0v) is 15.2. The third-order valence-corrected chi connectivity index (χ3v) is 3.91. The lowest BCUT2D eigenvalue weighted by Gasteiger charge is -2.11. The SMILES string of the molecule is COc1cc(CCCCNC(=O)OCc2ccccc2)cc(OC)c1O. The fourth-order valence-electron chi connectivity index (χ4n) is 2.51. The lowest BCUT2D eigenvalue weighted by molar-refractivity contribution is 0.139. The van der Waals surface area contributed by atoms with Crippen LogP contribution in [0.1, 0.15) is 24.0 Å². The highest BCUT2D eigenvalue weighted by molar-refractivity contribution is 5.67. The lowest BCUT2D eigenvalue weighted by Crippen LogP contribution is -2.25. The number of phenols is 1. The summed E-state index contributed by atoms with van der Waals surface area (Å²) >= 11 is 0. The number of nitrogens with one attached hydrogen (secondary N) is 1. The number of carbonyl (C=O) groups excluding carboxylic acids is 1. The Balaban J connectivity index is 1.68. The number of hydrogen-bond acceptors (Lipinski definition) is 5. The summed E-state index contributed by atoms with van der Waals surface area (Å²) in [5.41, 5.74) is 1.96. The van der Waals surface area contributed by atoms with Crippen molar-refractivity contribution in [3.63, 3.8) is 0 Å². The molecule has 0 atom stereocenters. The van der Waals surface area contributed by atoms with E-state index in [1.54, 1.807) is 12.1 Å². The van der Waals surface area contributed by atoms with E-state index in [0.29, 0.717) is 18.0 Å². The van der Waals surface area contributed by atoms with Gasteiger partial charge in [-0.2, -0.15) is 0 Å². The fourth-order valence-corrected chi connectivity index (χ4v) is 2.51. The van der Waals surface area contributed by atoms with Crippen LogP contribution in [0.2, 0.25) is 0 Å². The molecule has 0 aromatic heterocycles. The number of unbranched alkanes of at least 4 members (excludes halogenated alkanes) is 1. The number of phenolic OH excluding ortho intramolecular Hbond substituents is 1. The smallest absolute Gasteiger partial charge is 0.407 e. The first-order valence-electron chi connectivity index (χ1n) is 8.52. The van der Waals surface area contributed by atoms with Gasteiger partial charge in [-0.15, -0.1) is 0 Å². The predicted molar refractivity (Wildman–Crippen MR) is 98.8 cm³/mol. The average Bonchev–Trinajstić information content (AvgIpc) is 2.67. The second-order valence-electron chi connectivity index (χ2n) is 5.79. The third kappa shape index (κ3) is 5.88. The van der Waals surface area contributed by atoms with Crippen LogP contribution in [0.25, 0.3) is 0 Å². The number of aromatic hydroxyl groups is 1. The minimum absolute atomic E-state index is 0.00146. The van der Waals surface area contributed by atoms with Crippen LogP contribution < -0.4 is 14.8 Å². The standard InChI is InChI=1S/C20H25NO5/c1-24-17-12-16(13-18(25-2)19(17)22)10-6-7-11-21-20(23)26-14-15-8-4-3-5-9-15/h3-5,8-9,12-13,22H,6-7,10-11,14H2,1-2H3,(H,21,23). The Hall–Kier alpha value is -2.89. The first-order valence-corrected chi connectivity index (χ1v) is 8.52. The molecule has 0 aliphatic rings. The Labute approximate surface area is 153 Å². The van der Waals surface area contributed by atoms with Gasteiger partial charge in [0.25, 0.3) is 0 Å². The maximum Gasteiger partial charge on any atom is 0.407 e. The Morgan fingerprint density at radius 3 is 2.27 bits per heavy atom. The number of rotatable bonds is 9. The molecule has 2 aromatic carbocycles. The van der Waals surface area contributed by atoms with Crippen LogP contribution in [0, 0.1) is 0 Å². The van der Waals surface area contributed by atoms with Gasteiger partial charge in [0, 0.05) is 6.54 Å². The summed E-state index contributed by atoms with van der Waals surface area (Å²) in [6.07, 6.45) is 2.05. The number of amides is 1. The number of aryl methyl sites for hydroxylation is 1. The van der Waals surface area contributed by atoms with Gasteiger partial charge in [-0.05, 0) is 42.5 Å². The van der Waals surface area contributed by atoms with Crippen LogP contribution in [0.3, 0.4) is 0 Å². The number of methoxy groups -OCH3 is 2. The highest BCUT2D eigenvalue weighted by Crippen LogP contribution is 2.37. The van der Waals surface area contributed by atoms with Crippen molar-refractivity contribution in [3.8, 4) is 17.2 Å². The number of hydrogen-bond donors (Lipinski definition) is 2. The molecule has 0 saturated carbocycles. The molecule has 140 valence electrons. The monoisotopic (exact) mass is 359 g/mol. The molecule has 2 rings (SSSR count). The van der Waals surface area contributed by atoms with Crippen LogP contribution in [-0.4, -0.2) is 32.0 Å². The topological polar surface area (TPSA) is 77.0 Å². The van der Waals surface area contributed by atoms with Crippen LogP contribution in [-0.2, 0) is 17.8 Å². The molecule has 6 nitrogen and oxygen atoms in total. The van der Waals surface area contributed by atoms with Crippen molar-refractivity contribution in [1.82, 2.24) is 5.32 Å². The molecule has 0 aliphatic heterocycles. The molecule has 0 aliphatic carbocycles. The molecular formula is C20H25NO5. The molecule has 26 heavy (non-hydrogen) atoms. The van der Waals surface area contributed by atoms with E-state index < -0.39 is 6.09 Å². The van der Waals surface area contributed by atoms with Crippen molar-refractivity contribution in [2.24, 2.45) is 0 Å². The molecule has 2 aromatic rings. The molecule has 0 unspecified atom stereocenters. The van der Waals surface area contributed by atoms with E-state index in [4.69, 9.17) is 14.2 Å². The molecular weight excluding hydrogens is 334 g/mol. The molecule has 0 spiro atoms. The van der Waals surface area contributed by atoms with Crippen LogP contribution >= 0.6 is 0 Å². The summed E-state index contributed by atoms with van der Waals surface area (Å²) in [5.74, 6) is 0.783. The molecule has 0 radical (unpaired) electrons. The molecule has 2 N–H and O–H groups in total. The summed E-state index contributed by atoms with van der Waals surface area (Å²) < 4.78 is 15.4. The Morgan fingerprint density at radius 2 is 1.65 bits per heavy atom. The van der Waals surface area contributed by atoms with E-state index in [0.717, 1.165) is 30.4 Å². The Bertz CT molecular complexity index is 678. The highest BCUT2D eigenvalue weighted by Gasteiger charge is 2.11. The van der Waals surface area contributed by atoms with Gasteiger partial charge >= 0.3 is 6.09 Å². The van der Waals surface area contributed by atoms with Crippen molar-refractivity contribution >= 4 is 6.09 Å². The van der Waals surface area contributed by atoms with E-state index in [1.165, 1.54) is 14.2 Å². The van der Waals surface area contributed by atoms with Crippen LogP contribution in [0.15, 0.2) is 42.5 Å². The van der Waals surface area contributed by atoms with E-state index in [2.05, 4.69) is 5.32 Å². The van der Waals surface area contributed by atoms with Gasteiger partial charge in [0.15, 0.2) is 11.5 Å². The highest BCUT2D eigenvalue weighted by atomic mass is 16.5. The summed E-state index contributed by atoms with van der Waals surface area (Å²) in [7, 11) is 3.01. The molecule has 0 fully saturated rings. The first kappa shape index (κ1) is 19.4. The van der Waals surface area contributed by atoms with Crippen molar-refractivity contribution < 1.29 is 24.1 Å². The minimum atomic E-state index is -0.415. The second kappa shape index (κ2) is 10.2. The van der Waals surface area contributed by atoms with Gasteiger partial charge < -0.3 is 24.6 Å². The lowest BCUT2D eigenvalue weighted by atomic mass is 10.1. The summed E-state index contributed by atoms with van der Waals surface area (Å²) in [6, 6.07) is 13.1. The second-order valence-corrected chi connectivity index (χ2v) is 5.79. The van der Waals surface area contributed by atoms with Gasteiger partial charge in [-0.1, -0.05) is 30.3 Å². The Kier molecular flexibility index (Phi) is 7.61. The van der Waals surface area contributed by atoms with Gasteiger partial charge in [0.1, 0.15) is 6.61 Å². The molecule has 6 heteroatoms. The Morgan fingerprint density at radius 1 is 1.00 bits per heavy atom. The van der Waals surface area contributed by atoms with Gasteiger partial charge in [0.2, 0.25) is 5.75 Å². The summed E-state index contributed by atoms with van der Waals surface area (Å²) in [5, 5.41) is 12.6. The van der Waals surface area contributed by atoms with E-state index in [1.807, 2.05) is 30.3 Å². The zero-order chi connectivity index (χ0) is 18.8. The van der Waals surface area contributed by atoms with E-state index >= 15 is 0 Å². The van der Waals surface area contributed by atoms with Crippen molar-refractivity contribution in [2.75, 3.05) is 20.8 Å². The predicted octanol–water partition coefficient (Wildman–Crippen LogP) is 3.66. The normalized spacial score (nSPS) is 10.2. The van der Waals surface area contributed by atoms with Crippen molar-refractivity contribution in [3.05, 3.63) is 53.6 Å². The quantitative estimate of drug-likeness (QED) is 0.668. The maximum absolute atomic E-state index is 11.7. The van der Waals surface area contributed by atoms with Crippen LogP contribution in [0.4, 0.5) is 4.79 Å². The zero-order valence-electron chi connectivity index (χ0n) is 15.2. The van der Waals surface area contributed by atoms with Gasteiger partial charge in [0.05, 0.1) is 14.2 Å². The van der Waals surface area contributed by atoms with E-state index in [-0.39, 0.29) is 12.4 Å². The van der Waals surface area contributed by atoms with Gasteiger partial charge in [-0.3, -0.25) is 0 Å². The molecule has 0 bridgehead atoms. The number of ether oxygens (including phenoxy) is 3. The average molecular weight is 359 g/mol.